The van der Waals surface area contributed by atoms with Crippen molar-refractivity contribution in [2.75, 3.05) is 11.9 Å². The lowest BCUT2D eigenvalue weighted by atomic mass is 10.1. The number of para-hydroxylation sites is 1. The van der Waals surface area contributed by atoms with Gasteiger partial charge in [0.2, 0.25) is 0 Å². The van der Waals surface area contributed by atoms with Gasteiger partial charge in [0.1, 0.15) is 22.1 Å². The molecule has 0 aliphatic rings. The van der Waals surface area contributed by atoms with Crippen LogP contribution in [0.25, 0.3) is 0 Å². The fraction of sp³-hybridized carbons (Fsp3) is 0.227. The Morgan fingerprint density at radius 2 is 1.75 bits per heavy atom. The highest BCUT2D eigenvalue weighted by Gasteiger charge is 2.37. The highest BCUT2D eigenvalue weighted by atomic mass is 32.1. The number of halogens is 6. The van der Waals surface area contributed by atoms with Gasteiger partial charge in [0.15, 0.2) is 5.69 Å². The predicted molar refractivity (Wildman–Crippen MR) is 117 cm³/mol. The van der Waals surface area contributed by atoms with E-state index in [0.29, 0.717) is 10.9 Å². The molecule has 36 heavy (non-hydrogen) atoms. The molecule has 0 aliphatic carbocycles. The summed E-state index contributed by atoms with van der Waals surface area (Å²) in [4.78, 5) is 28.9. The molecule has 0 atom stereocenters. The number of aromatic hydroxyl groups is 1. The monoisotopic (exact) mass is 533 g/mol. The molecule has 0 spiro atoms. The van der Waals surface area contributed by atoms with Gasteiger partial charge in [0.05, 0.1) is 5.69 Å². The van der Waals surface area contributed by atoms with E-state index in [1.165, 1.54) is 24.3 Å². The van der Waals surface area contributed by atoms with Crippen LogP contribution >= 0.6 is 11.3 Å². The number of nitrogens with zero attached hydrogens (tertiary/aromatic N) is 1. The van der Waals surface area contributed by atoms with Crippen LogP contribution in [0.1, 0.15) is 36.3 Å². The number of hydrogen-bond acceptors (Lipinski definition) is 6. The summed E-state index contributed by atoms with van der Waals surface area (Å²) < 4.78 is 80.6. The van der Waals surface area contributed by atoms with Gasteiger partial charge in [-0.15, -0.1) is 24.5 Å². The minimum absolute atomic E-state index is 0.00168. The van der Waals surface area contributed by atoms with Crippen molar-refractivity contribution in [3.8, 4) is 11.5 Å². The summed E-state index contributed by atoms with van der Waals surface area (Å²) >= 11 is 0.986. The molecule has 2 aromatic heterocycles. The van der Waals surface area contributed by atoms with Crippen LogP contribution in [-0.4, -0.2) is 34.8 Å². The Kier molecular flexibility index (Phi) is 7.77. The third-order valence-electron chi connectivity index (χ3n) is 4.56. The zero-order chi connectivity index (χ0) is 26.7. The van der Waals surface area contributed by atoms with E-state index in [0.717, 1.165) is 23.5 Å². The molecule has 0 fully saturated rings. The summed E-state index contributed by atoms with van der Waals surface area (Å²) in [7, 11) is 0. The van der Waals surface area contributed by atoms with Gasteiger partial charge in [-0.25, -0.2) is 4.98 Å². The molecular weight excluding hydrogens is 516 g/mol. The quantitative estimate of drug-likeness (QED) is 0.358. The van der Waals surface area contributed by atoms with Crippen molar-refractivity contribution in [1.29, 1.82) is 0 Å². The van der Waals surface area contributed by atoms with Gasteiger partial charge in [-0.2, -0.15) is 13.2 Å². The van der Waals surface area contributed by atoms with Crippen LogP contribution in [0.5, 0.6) is 11.5 Å². The molecule has 2 amide bonds. The summed E-state index contributed by atoms with van der Waals surface area (Å²) in [6.45, 7) is 1.55. The summed E-state index contributed by atoms with van der Waals surface area (Å²) in [5, 5.41) is 14.2. The maximum absolute atomic E-state index is 13.0. The minimum Gasteiger partial charge on any atom is -0.506 e. The molecule has 0 saturated carbocycles. The summed E-state index contributed by atoms with van der Waals surface area (Å²) in [5.41, 5.74) is -2.07. The number of alkyl halides is 6. The molecule has 3 rings (SSSR count). The number of anilines is 1. The minimum atomic E-state index is -4.99. The Hall–Kier alpha value is -3.81. The van der Waals surface area contributed by atoms with Gasteiger partial charge < -0.3 is 20.5 Å². The lowest BCUT2D eigenvalue weighted by Gasteiger charge is -2.13. The lowest BCUT2D eigenvalue weighted by molar-refractivity contribution is -0.274. The Morgan fingerprint density at radius 1 is 1.06 bits per heavy atom. The molecule has 14 heteroatoms. The van der Waals surface area contributed by atoms with Gasteiger partial charge in [-0.05, 0) is 43.2 Å². The second kappa shape index (κ2) is 10.4. The molecule has 0 saturated heterocycles. The number of amides is 2. The van der Waals surface area contributed by atoms with Crippen LogP contribution in [-0.2, 0) is 12.6 Å². The van der Waals surface area contributed by atoms with Crippen molar-refractivity contribution in [3.63, 3.8) is 0 Å². The lowest BCUT2D eigenvalue weighted by Crippen LogP contribution is -2.26. The van der Waals surface area contributed by atoms with Crippen LogP contribution in [0.3, 0.4) is 0 Å². The molecule has 1 aromatic carbocycles. The van der Waals surface area contributed by atoms with Gasteiger partial charge in [-0.1, -0.05) is 18.2 Å². The third-order valence-corrected chi connectivity index (χ3v) is 5.61. The zero-order valence-corrected chi connectivity index (χ0v) is 19.1. The smallest absolute Gasteiger partial charge is 0.506 e. The van der Waals surface area contributed by atoms with Gasteiger partial charge in [0, 0.05) is 11.4 Å². The number of carbonyl (C=O) groups excluding carboxylic acids is 2. The molecule has 2 heterocycles. The van der Waals surface area contributed by atoms with Crippen molar-refractivity contribution in [3.05, 3.63) is 69.2 Å². The largest absolute Gasteiger partial charge is 0.573 e. The number of pyridine rings is 1. The molecule has 7 nitrogen and oxygen atoms in total. The van der Waals surface area contributed by atoms with Gasteiger partial charge in [-0.3, -0.25) is 9.59 Å². The molecule has 3 N–H and O–H groups in total. The average Bonchev–Trinajstić information content (AvgIpc) is 3.13. The highest BCUT2D eigenvalue weighted by molar-refractivity contribution is 7.14. The Bertz CT molecular complexity index is 1270. The van der Waals surface area contributed by atoms with Crippen LogP contribution in [0.2, 0.25) is 0 Å². The van der Waals surface area contributed by atoms with Crippen molar-refractivity contribution >= 4 is 28.8 Å². The standard InChI is InChI=1S/C22H17F6N3O4S/c1-11-10-14(31-19(33)13-6-7-15(32)18(30-13)21(23,24)25)17(36-11)20(34)29-9-8-12-4-2-3-5-16(12)35-22(26,27)28/h2-7,10,32H,8-9H2,1H3,(H,29,34)(H,31,33). The summed E-state index contributed by atoms with van der Waals surface area (Å²) in [6.07, 6.45) is -9.87. The van der Waals surface area contributed by atoms with E-state index in [9.17, 15) is 41.0 Å². The van der Waals surface area contributed by atoms with Gasteiger partial charge >= 0.3 is 12.5 Å². The fourth-order valence-electron chi connectivity index (χ4n) is 3.07. The van der Waals surface area contributed by atoms with Crippen LogP contribution in [0.4, 0.5) is 32.0 Å². The van der Waals surface area contributed by atoms with E-state index in [1.807, 2.05) is 0 Å². The van der Waals surface area contributed by atoms with Crippen molar-refractivity contribution < 1.29 is 45.8 Å². The number of thiophene rings is 1. The summed E-state index contributed by atoms with van der Waals surface area (Å²) in [5.74, 6) is -3.26. The van der Waals surface area contributed by atoms with Crippen LogP contribution < -0.4 is 15.4 Å². The van der Waals surface area contributed by atoms with Gasteiger partial charge in [0.25, 0.3) is 11.8 Å². The van der Waals surface area contributed by atoms with E-state index in [1.54, 1.807) is 6.92 Å². The maximum Gasteiger partial charge on any atom is 0.573 e. The number of rotatable bonds is 7. The second-order valence-electron chi connectivity index (χ2n) is 7.28. The zero-order valence-electron chi connectivity index (χ0n) is 18.3. The highest BCUT2D eigenvalue weighted by Crippen LogP contribution is 2.34. The molecule has 0 aliphatic heterocycles. The molecule has 192 valence electrons. The third kappa shape index (κ3) is 6.87. The number of hydrogen-bond donors (Lipinski definition) is 3. The number of carbonyl (C=O) groups is 2. The van der Waals surface area contributed by atoms with Crippen molar-refractivity contribution in [2.24, 2.45) is 0 Å². The number of benzene rings is 1. The molecule has 0 bridgehead atoms. The van der Waals surface area contributed by atoms with Crippen LogP contribution in [0, 0.1) is 6.92 Å². The van der Waals surface area contributed by atoms with Crippen molar-refractivity contribution in [2.45, 2.75) is 25.9 Å². The van der Waals surface area contributed by atoms with E-state index in [2.05, 4.69) is 20.4 Å². The Labute approximate surface area is 203 Å². The molecule has 0 radical (unpaired) electrons. The van der Waals surface area contributed by atoms with E-state index in [4.69, 9.17) is 0 Å². The van der Waals surface area contributed by atoms with Crippen molar-refractivity contribution in [1.82, 2.24) is 10.3 Å². The predicted octanol–water partition coefficient (Wildman–Crippen LogP) is 5.30. The van der Waals surface area contributed by atoms with E-state index >= 15 is 0 Å². The first-order chi connectivity index (χ1) is 16.7. The second-order valence-corrected chi connectivity index (χ2v) is 8.53. The van der Waals surface area contributed by atoms with E-state index in [-0.39, 0.29) is 29.1 Å². The summed E-state index contributed by atoms with van der Waals surface area (Å²) in [6, 6.07) is 8.42. The topological polar surface area (TPSA) is 101 Å². The number of aromatic nitrogens is 1. The fourth-order valence-corrected chi connectivity index (χ4v) is 3.96. The average molecular weight is 533 g/mol. The first-order valence-electron chi connectivity index (χ1n) is 10.1. The SMILES string of the molecule is Cc1cc(NC(=O)c2ccc(O)c(C(F)(F)F)n2)c(C(=O)NCCc2ccccc2OC(F)(F)F)s1. The molecule has 3 aromatic rings. The first kappa shape index (κ1) is 26.8. The number of nitrogens with one attached hydrogen (secondary N) is 2. The Morgan fingerprint density at radius 3 is 2.42 bits per heavy atom. The normalized spacial score (nSPS) is 11.8. The molecule has 0 unspecified atom stereocenters. The van der Waals surface area contributed by atoms with Crippen LogP contribution in [0.15, 0.2) is 42.5 Å². The van der Waals surface area contributed by atoms with E-state index < -0.39 is 47.2 Å². The maximum atomic E-state index is 13.0. The Balaban J connectivity index is 1.70. The molecular formula is C22H17F6N3O4S. The number of aryl methyl sites for hydroxylation is 1. The number of ether oxygens (including phenoxy) is 1. The first-order valence-corrected chi connectivity index (χ1v) is 10.9.